The molecule has 0 saturated heterocycles. The van der Waals surface area contributed by atoms with Gasteiger partial charge in [0, 0.05) is 14.1 Å². The number of thioether (sulfide) groups is 1. The first-order valence-corrected chi connectivity index (χ1v) is 7.37. The Morgan fingerprint density at radius 2 is 1.95 bits per heavy atom. The molecule has 0 saturated carbocycles. The molecule has 0 unspecified atom stereocenters. The third-order valence-electron chi connectivity index (χ3n) is 2.85. The van der Waals surface area contributed by atoms with Gasteiger partial charge in [0.15, 0.2) is 0 Å². The standard InChI is InChI=1S/C8H14N2O.C5H8N2S/c1-6(2)7-4-9-10(3)8(7)5-11;1-7-5(8-2)3-4-6-7/h4,6,11H,5H2,1-3H3;3-4H,1-2H3. The molecule has 2 heterocycles. The van der Waals surface area contributed by atoms with Crippen LogP contribution < -0.4 is 0 Å². The minimum Gasteiger partial charge on any atom is -0.390 e. The van der Waals surface area contributed by atoms with Gasteiger partial charge in [-0.05, 0) is 23.8 Å². The van der Waals surface area contributed by atoms with Crippen molar-refractivity contribution in [3.05, 3.63) is 29.7 Å². The van der Waals surface area contributed by atoms with E-state index in [0.717, 1.165) is 11.3 Å². The van der Waals surface area contributed by atoms with E-state index in [1.165, 1.54) is 5.03 Å². The number of aliphatic hydroxyl groups excluding tert-OH is 1. The highest BCUT2D eigenvalue weighted by Gasteiger charge is 2.09. The van der Waals surface area contributed by atoms with E-state index in [9.17, 15) is 0 Å². The van der Waals surface area contributed by atoms with E-state index in [1.54, 1.807) is 22.6 Å². The fourth-order valence-electron chi connectivity index (χ4n) is 1.72. The zero-order chi connectivity index (χ0) is 14.4. The Morgan fingerprint density at radius 3 is 2.26 bits per heavy atom. The van der Waals surface area contributed by atoms with Gasteiger partial charge < -0.3 is 5.11 Å². The van der Waals surface area contributed by atoms with Crippen molar-refractivity contribution in [3.8, 4) is 0 Å². The SMILES string of the molecule is CC(C)c1cnn(C)c1CO.CSc1ccnn1C. The monoisotopic (exact) mass is 282 g/mol. The summed E-state index contributed by atoms with van der Waals surface area (Å²) in [5.74, 6) is 0.436. The van der Waals surface area contributed by atoms with Gasteiger partial charge in [0.2, 0.25) is 0 Å². The summed E-state index contributed by atoms with van der Waals surface area (Å²) in [6.07, 6.45) is 5.65. The second-order valence-corrected chi connectivity index (χ2v) is 5.31. The van der Waals surface area contributed by atoms with Crippen molar-refractivity contribution in [2.45, 2.75) is 31.4 Å². The Kier molecular flexibility index (Phi) is 6.11. The van der Waals surface area contributed by atoms with Crippen molar-refractivity contribution in [1.82, 2.24) is 19.6 Å². The van der Waals surface area contributed by atoms with Gasteiger partial charge in [0.25, 0.3) is 0 Å². The third kappa shape index (κ3) is 4.11. The lowest BCUT2D eigenvalue weighted by atomic mass is 10.0. The lowest BCUT2D eigenvalue weighted by Gasteiger charge is -2.04. The van der Waals surface area contributed by atoms with E-state index in [1.807, 2.05) is 37.3 Å². The Morgan fingerprint density at radius 1 is 1.26 bits per heavy atom. The topological polar surface area (TPSA) is 55.9 Å². The van der Waals surface area contributed by atoms with E-state index in [2.05, 4.69) is 24.0 Å². The summed E-state index contributed by atoms with van der Waals surface area (Å²) < 4.78 is 3.57. The molecule has 2 rings (SSSR count). The molecule has 0 radical (unpaired) electrons. The van der Waals surface area contributed by atoms with Crippen molar-refractivity contribution >= 4 is 11.8 Å². The molecule has 0 amide bonds. The molecule has 0 fully saturated rings. The highest BCUT2D eigenvalue weighted by molar-refractivity contribution is 7.98. The summed E-state index contributed by atoms with van der Waals surface area (Å²) in [7, 11) is 3.78. The van der Waals surface area contributed by atoms with Gasteiger partial charge in [-0.2, -0.15) is 10.2 Å². The molecule has 5 nitrogen and oxygen atoms in total. The summed E-state index contributed by atoms with van der Waals surface area (Å²) in [5, 5.41) is 18.2. The van der Waals surface area contributed by atoms with Crippen molar-refractivity contribution in [3.63, 3.8) is 0 Å². The van der Waals surface area contributed by atoms with Crippen molar-refractivity contribution in [2.24, 2.45) is 14.1 Å². The van der Waals surface area contributed by atoms with Crippen LogP contribution in [0.25, 0.3) is 0 Å². The lowest BCUT2D eigenvalue weighted by molar-refractivity contribution is 0.269. The van der Waals surface area contributed by atoms with E-state index < -0.39 is 0 Å². The normalized spacial score (nSPS) is 10.5. The van der Waals surface area contributed by atoms with Crippen LogP contribution >= 0.6 is 11.8 Å². The fraction of sp³-hybridized carbons (Fsp3) is 0.538. The molecule has 0 aromatic carbocycles. The Labute approximate surface area is 118 Å². The third-order valence-corrected chi connectivity index (χ3v) is 3.67. The van der Waals surface area contributed by atoms with Crippen molar-refractivity contribution < 1.29 is 5.11 Å². The van der Waals surface area contributed by atoms with Crippen LogP contribution in [0, 0.1) is 0 Å². The molecule has 6 heteroatoms. The Hall–Kier alpha value is -1.27. The van der Waals surface area contributed by atoms with Gasteiger partial charge in [-0.15, -0.1) is 11.8 Å². The van der Waals surface area contributed by atoms with Gasteiger partial charge in [-0.3, -0.25) is 9.36 Å². The molecule has 19 heavy (non-hydrogen) atoms. The summed E-state index contributed by atoms with van der Waals surface area (Å²) in [6, 6.07) is 1.99. The quantitative estimate of drug-likeness (QED) is 0.877. The molecule has 0 atom stereocenters. The van der Waals surface area contributed by atoms with Crippen LogP contribution in [0.4, 0.5) is 0 Å². The van der Waals surface area contributed by atoms with Gasteiger partial charge in [-0.25, -0.2) is 0 Å². The van der Waals surface area contributed by atoms with Crippen molar-refractivity contribution in [1.29, 1.82) is 0 Å². The first-order valence-electron chi connectivity index (χ1n) is 6.14. The van der Waals surface area contributed by atoms with Gasteiger partial charge >= 0.3 is 0 Å². The minimum absolute atomic E-state index is 0.0734. The van der Waals surface area contributed by atoms with Gasteiger partial charge in [0.1, 0.15) is 0 Å². The number of nitrogens with zero attached hydrogens (tertiary/aromatic N) is 4. The first kappa shape index (κ1) is 15.8. The van der Waals surface area contributed by atoms with Gasteiger partial charge in [-0.1, -0.05) is 13.8 Å². The van der Waals surface area contributed by atoms with E-state index in [4.69, 9.17) is 5.11 Å². The summed E-state index contributed by atoms with van der Waals surface area (Å²) >= 11 is 1.70. The zero-order valence-corrected chi connectivity index (χ0v) is 13.0. The maximum Gasteiger partial charge on any atom is 0.0933 e. The predicted octanol–water partition coefficient (Wildman–Crippen LogP) is 2.18. The number of aliphatic hydroxyl groups is 1. The van der Waals surface area contributed by atoms with Crippen LogP contribution in [-0.4, -0.2) is 30.9 Å². The lowest BCUT2D eigenvalue weighted by Crippen LogP contribution is -2.00. The molecule has 0 spiro atoms. The first-order chi connectivity index (χ1) is 9.01. The van der Waals surface area contributed by atoms with Crippen LogP contribution in [0.1, 0.15) is 31.0 Å². The summed E-state index contributed by atoms with van der Waals surface area (Å²) in [6.45, 7) is 4.26. The number of aryl methyl sites for hydroxylation is 2. The van der Waals surface area contributed by atoms with E-state index >= 15 is 0 Å². The van der Waals surface area contributed by atoms with Crippen LogP contribution in [0.15, 0.2) is 23.5 Å². The van der Waals surface area contributed by atoms with Crippen LogP contribution in [0.2, 0.25) is 0 Å². The highest BCUT2D eigenvalue weighted by Crippen LogP contribution is 2.17. The molecular weight excluding hydrogens is 260 g/mol. The van der Waals surface area contributed by atoms with Crippen LogP contribution in [0.5, 0.6) is 0 Å². The molecule has 0 aliphatic rings. The van der Waals surface area contributed by atoms with Gasteiger partial charge in [0.05, 0.1) is 29.7 Å². The second kappa shape index (κ2) is 7.35. The molecule has 0 aliphatic heterocycles. The molecule has 0 bridgehead atoms. The summed E-state index contributed by atoms with van der Waals surface area (Å²) in [5.41, 5.74) is 2.05. The second-order valence-electron chi connectivity index (χ2n) is 4.48. The average Bonchev–Trinajstić information content (AvgIpc) is 2.95. The molecule has 106 valence electrons. The van der Waals surface area contributed by atoms with E-state index in [0.29, 0.717) is 5.92 Å². The molecular formula is C13H22N4OS. The number of hydrogen-bond acceptors (Lipinski definition) is 4. The number of rotatable bonds is 3. The Bertz CT molecular complexity index is 504. The van der Waals surface area contributed by atoms with E-state index in [-0.39, 0.29) is 6.61 Å². The number of aromatic nitrogens is 4. The maximum absolute atomic E-state index is 8.98. The maximum atomic E-state index is 8.98. The highest BCUT2D eigenvalue weighted by atomic mass is 32.2. The molecule has 2 aromatic rings. The minimum atomic E-state index is 0.0734. The Balaban J connectivity index is 0.000000200. The predicted molar refractivity (Wildman–Crippen MR) is 78.2 cm³/mol. The smallest absolute Gasteiger partial charge is 0.0933 e. The molecule has 2 aromatic heterocycles. The van der Waals surface area contributed by atoms with Crippen LogP contribution in [-0.2, 0) is 20.7 Å². The van der Waals surface area contributed by atoms with Crippen LogP contribution in [0.3, 0.4) is 0 Å². The molecule has 1 N–H and O–H groups in total. The largest absolute Gasteiger partial charge is 0.390 e. The zero-order valence-electron chi connectivity index (χ0n) is 12.2. The average molecular weight is 282 g/mol. The van der Waals surface area contributed by atoms with Crippen molar-refractivity contribution in [2.75, 3.05) is 6.26 Å². The summed E-state index contributed by atoms with van der Waals surface area (Å²) in [4.78, 5) is 0. The fourth-order valence-corrected chi connectivity index (χ4v) is 2.23. The molecule has 0 aliphatic carbocycles. The number of hydrogen-bond donors (Lipinski definition) is 1.